The Morgan fingerprint density at radius 3 is 2.61 bits per heavy atom. The van der Waals surface area contributed by atoms with Gasteiger partial charge in [-0.3, -0.25) is 24.6 Å². The van der Waals surface area contributed by atoms with E-state index in [1.165, 1.54) is 12.1 Å². The number of amides is 4. The van der Waals surface area contributed by atoms with Gasteiger partial charge < -0.3 is 15.5 Å². The molecule has 4 amide bonds. The minimum absolute atomic E-state index is 0.0277. The molecule has 0 aromatic heterocycles. The summed E-state index contributed by atoms with van der Waals surface area (Å²) in [7, 11) is 0. The van der Waals surface area contributed by atoms with Crippen molar-refractivity contribution in [3.63, 3.8) is 0 Å². The zero-order valence-corrected chi connectivity index (χ0v) is 18.2. The molecule has 2 aliphatic heterocycles. The normalized spacial score (nSPS) is 16.6. The van der Waals surface area contributed by atoms with Gasteiger partial charge in [0.2, 0.25) is 5.91 Å². The summed E-state index contributed by atoms with van der Waals surface area (Å²) >= 11 is 0. The van der Waals surface area contributed by atoms with Crippen LogP contribution in [0.1, 0.15) is 35.7 Å². The molecule has 2 aromatic carbocycles. The van der Waals surface area contributed by atoms with Crippen LogP contribution < -0.4 is 15.5 Å². The Bertz CT molecular complexity index is 1090. The van der Waals surface area contributed by atoms with Crippen molar-refractivity contribution in [3.05, 3.63) is 63.7 Å². The molecule has 4 rings (SSSR count). The van der Waals surface area contributed by atoms with Gasteiger partial charge in [0.1, 0.15) is 0 Å². The van der Waals surface area contributed by atoms with Crippen molar-refractivity contribution >= 4 is 34.9 Å². The average Bonchev–Trinajstić information content (AvgIpc) is 3.11. The number of carbonyl (C=O) groups excluding carboxylic acids is 3. The second-order valence-electron chi connectivity index (χ2n) is 8.42. The van der Waals surface area contributed by atoms with Gasteiger partial charge >= 0.3 is 6.03 Å². The minimum Gasteiger partial charge on any atom is -0.371 e. The molecule has 2 aliphatic rings. The second kappa shape index (κ2) is 9.27. The fraction of sp³-hybridized carbons (Fsp3) is 0.348. The van der Waals surface area contributed by atoms with Gasteiger partial charge in [0, 0.05) is 30.9 Å². The largest absolute Gasteiger partial charge is 0.371 e. The minimum atomic E-state index is -0.516. The lowest BCUT2D eigenvalue weighted by atomic mass is 9.98. The summed E-state index contributed by atoms with van der Waals surface area (Å²) in [5.74, 6) is -0.171. The number of piperidine rings is 1. The number of non-ortho nitro benzene ring substituents is 1. The molecule has 0 bridgehead atoms. The molecule has 2 heterocycles. The van der Waals surface area contributed by atoms with Crippen LogP contribution in [0.5, 0.6) is 0 Å². The van der Waals surface area contributed by atoms with Crippen LogP contribution in [-0.2, 0) is 11.3 Å². The van der Waals surface area contributed by atoms with Gasteiger partial charge in [0.25, 0.3) is 11.6 Å². The second-order valence-corrected chi connectivity index (χ2v) is 8.42. The maximum atomic E-state index is 13.2. The predicted octanol–water partition coefficient (Wildman–Crippen LogP) is 3.14. The van der Waals surface area contributed by atoms with Gasteiger partial charge in [0.15, 0.2) is 0 Å². The maximum Gasteiger partial charge on any atom is 0.324 e. The molecule has 10 heteroatoms. The quantitative estimate of drug-likeness (QED) is 0.395. The Morgan fingerprint density at radius 2 is 1.94 bits per heavy atom. The molecule has 2 N–H and O–H groups in total. The van der Waals surface area contributed by atoms with Crippen LogP contribution in [0.25, 0.3) is 0 Å². The molecule has 10 nitrogen and oxygen atoms in total. The summed E-state index contributed by atoms with van der Waals surface area (Å²) in [5.41, 5.74) is 1.89. The number of benzene rings is 2. The summed E-state index contributed by atoms with van der Waals surface area (Å²) in [6.45, 7) is 3.80. The maximum absolute atomic E-state index is 13.2. The number of nitro benzene ring substituents is 1. The van der Waals surface area contributed by atoms with E-state index in [0.717, 1.165) is 30.8 Å². The van der Waals surface area contributed by atoms with Crippen molar-refractivity contribution in [1.29, 1.82) is 0 Å². The smallest absolute Gasteiger partial charge is 0.324 e. The van der Waals surface area contributed by atoms with Crippen molar-refractivity contribution in [2.24, 2.45) is 5.92 Å². The molecular formula is C23H25N5O5. The summed E-state index contributed by atoms with van der Waals surface area (Å²) < 4.78 is 0. The summed E-state index contributed by atoms with van der Waals surface area (Å²) in [5, 5.41) is 16.6. The van der Waals surface area contributed by atoms with Gasteiger partial charge in [-0.05, 0) is 42.5 Å². The summed E-state index contributed by atoms with van der Waals surface area (Å²) in [6, 6.07) is 10.7. The molecule has 0 saturated carbocycles. The van der Waals surface area contributed by atoms with Crippen LogP contribution in [0.4, 0.5) is 21.9 Å². The van der Waals surface area contributed by atoms with Crippen LogP contribution in [0.2, 0.25) is 0 Å². The zero-order chi connectivity index (χ0) is 23.5. The van der Waals surface area contributed by atoms with Crippen LogP contribution in [-0.4, -0.2) is 47.3 Å². The van der Waals surface area contributed by atoms with Gasteiger partial charge in [-0.1, -0.05) is 19.1 Å². The van der Waals surface area contributed by atoms with Crippen molar-refractivity contribution in [1.82, 2.24) is 10.2 Å². The lowest BCUT2D eigenvalue weighted by molar-refractivity contribution is -0.384. The molecule has 0 spiro atoms. The summed E-state index contributed by atoms with van der Waals surface area (Å²) in [4.78, 5) is 50.8. The highest BCUT2D eigenvalue weighted by molar-refractivity contribution is 6.08. The Labute approximate surface area is 190 Å². The number of rotatable bonds is 6. The number of carbonyl (C=O) groups is 3. The molecule has 0 radical (unpaired) electrons. The molecule has 2 saturated heterocycles. The number of urea groups is 1. The van der Waals surface area contributed by atoms with Crippen LogP contribution in [0, 0.1) is 16.0 Å². The molecule has 2 fully saturated rings. The van der Waals surface area contributed by atoms with Crippen molar-refractivity contribution in [2.45, 2.75) is 26.3 Å². The Balaban J connectivity index is 1.56. The van der Waals surface area contributed by atoms with E-state index < -0.39 is 16.9 Å². The van der Waals surface area contributed by atoms with Gasteiger partial charge in [-0.25, -0.2) is 4.79 Å². The monoisotopic (exact) mass is 451 g/mol. The first kappa shape index (κ1) is 22.3. The molecule has 0 atom stereocenters. The number of hydrogen-bond donors (Lipinski definition) is 2. The van der Waals surface area contributed by atoms with Gasteiger partial charge in [0.05, 0.1) is 29.3 Å². The third kappa shape index (κ3) is 4.94. The van der Waals surface area contributed by atoms with E-state index in [9.17, 15) is 24.5 Å². The van der Waals surface area contributed by atoms with E-state index in [2.05, 4.69) is 22.5 Å². The van der Waals surface area contributed by atoms with E-state index in [1.807, 2.05) is 0 Å². The lowest BCUT2D eigenvalue weighted by Crippen LogP contribution is -2.34. The number of nitrogens with one attached hydrogen (secondary N) is 2. The highest BCUT2D eigenvalue weighted by Crippen LogP contribution is 2.30. The number of nitro groups is 1. The van der Waals surface area contributed by atoms with Gasteiger partial charge in [-0.2, -0.15) is 0 Å². The standard InChI is InChI=1S/C23H25N5O5/c1-15-7-9-26(10-8-15)20-6-5-18(28(32)33)12-19(20)22(30)25-17-4-2-3-16(11-17)14-27-21(29)13-24-23(27)31/h2-6,11-12,15H,7-10,13-14H2,1H3,(H,24,31)(H,25,30). The summed E-state index contributed by atoms with van der Waals surface area (Å²) in [6.07, 6.45) is 1.98. The molecular weight excluding hydrogens is 426 g/mol. The average molecular weight is 451 g/mol. The fourth-order valence-corrected chi connectivity index (χ4v) is 4.09. The van der Waals surface area contributed by atoms with Crippen molar-refractivity contribution in [2.75, 3.05) is 29.9 Å². The predicted molar refractivity (Wildman–Crippen MR) is 122 cm³/mol. The SMILES string of the molecule is CC1CCN(c2ccc([N+](=O)[O-])cc2C(=O)Nc2cccc(CN3C(=O)CNC3=O)c2)CC1. The Kier molecular flexibility index (Phi) is 6.25. The fourth-order valence-electron chi connectivity index (χ4n) is 4.09. The first-order valence-electron chi connectivity index (χ1n) is 10.8. The van der Waals surface area contributed by atoms with E-state index in [-0.39, 0.29) is 30.2 Å². The van der Waals surface area contributed by atoms with Crippen LogP contribution >= 0.6 is 0 Å². The van der Waals surface area contributed by atoms with E-state index >= 15 is 0 Å². The first-order chi connectivity index (χ1) is 15.8. The topological polar surface area (TPSA) is 125 Å². The Morgan fingerprint density at radius 1 is 1.18 bits per heavy atom. The molecule has 0 unspecified atom stereocenters. The van der Waals surface area contributed by atoms with Crippen LogP contribution in [0.3, 0.4) is 0 Å². The number of anilines is 2. The zero-order valence-electron chi connectivity index (χ0n) is 18.2. The lowest BCUT2D eigenvalue weighted by Gasteiger charge is -2.33. The van der Waals surface area contributed by atoms with E-state index in [0.29, 0.717) is 22.9 Å². The molecule has 33 heavy (non-hydrogen) atoms. The highest BCUT2D eigenvalue weighted by atomic mass is 16.6. The van der Waals surface area contributed by atoms with Crippen molar-refractivity contribution < 1.29 is 19.3 Å². The third-order valence-electron chi connectivity index (χ3n) is 6.02. The highest BCUT2D eigenvalue weighted by Gasteiger charge is 2.28. The third-order valence-corrected chi connectivity index (χ3v) is 6.02. The number of nitrogens with zero attached hydrogens (tertiary/aromatic N) is 3. The molecule has 0 aliphatic carbocycles. The molecule has 172 valence electrons. The molecule has 2 aromatic rings. The first-order valence-corrected chi connectivity index (χ1v) is 10.8. The number of imide groups is 1. The van der Waals surface area contributed by atoms with Crippen molar-refractivity contribution in [3.8, 4) is 0 Å². The van der Waals surface area contributed by atoms with Crippen LogP contribution in [0.15, 0.2) is 42.5 Å². The number of hydrogen-bond acceptors (Lipinski definition) is 6. The van der Waals surface area contributed by atoms with E-state index in [1.54, 1.807) is 30.3 Å². The van der Waals surface area contributed by atoms with Gasteiger partial charge in [-0.15, -0.1) is 0 Å². The van der Waals surface area contributed by atoms with E-state index in [4.69, 9.17) is 0 Å². The Hall–Kier alpha value is -3.95.